The lowest BCUT2D eigenvalue weighted by atomic mass is 10.1. The van der Waals surface area contributed by atoms with E-state index >= 15 is 0 Å². The van der Waals surface area contributed by atoms with Gasteiger partial charge in [0.1, 0.15) is 16.9 Å². The topological polar surface area (TPSA) is 76.7 Å². The van der Waals surface area contributed by atoms with E-state index in [1.165, 1.54) is 12.1 Å². The molecule has 0 atom stereocenters. The first-order chi connectivity index (χ1) is 11.1. The van der Waals surface area contributed by atoms with E-state index in [-0.39, 0.29) is 17.1 Å². The SMILES string of the molecule is CCOC(=O)CC.O=c1c2ccccc2oc2cc(O)ccc12. The fraction of sp³-hybridized carbons (Fsp3) is 0.222. The summed E-state index contributed by atoms with van der Waals surface area (Å²) in [6.45, 7) is 4.07. The molecular formula is C18H18O5. The van der Waals surface area contributed by atoms with Crippen LogP contribution in [0.3, 0.4) is 0 Å². The van der Waals surface area contributed by atoms with Crippen molar-refractivity contribution in [1.82, 2.24) is 0 Å². The van der Waals surface area contributed by atoms with Gasteiger partial charge in [-0.1, -0.05) is 19.1 Å². The summed E-state index contributed by atoms with van der Waals surface area (Å²) in [5.74, 6) is -0.0339. The number of hydrogen-bond acceptors (Lipinski definition) is 5. The number of benzene rings is 2. The van der Waals surface area contributed by atoms with Gasteiger partial charge in [-0.15, -0.1) is 0 Å². The number of carbonyl (C=O) groups excluding carboxylic acids is 1. The van der Waals surface area contributed by atoms with E-state index in [9.17, 15) is 14.7 Å². The zero-order valence-corrected chi connectivity index (χ0v) is 13.0. The molecular weight excluding hydrogens is 296 g/mol. The Bertz CT molecular complexity index is 879. The minimum Gasteiger partial charge on any atom is -0.508 e. The molecule has 0 amide bonds. The van der Waals surface area contributed by atoms with Crippen molar-refractivity contribution in [3.63, 3.8) is 0 Å². The summed E-state index contributed by atoms with van der Waals surface area (Å²) in [6.07, 6.45) is 0.480. The van der Waals surface area contributed by atoms with Gasteiger partial charge in [-0.2, -0.15) is 0 Å². The van der Waals surface area contributed by atoms with Crippen molar-refractivity contribution < 1.29 is 19.1 Å². The number of ether oxygens (including phenoxy) is 1. The van der Waals surface area contributed by atoms with Gasteiger partial charge in [0.25, 0.3) is 0 Å². The number of phenolic OH excluding ortho intramolecular Hbond substituents is 1. The second kappa shape index (κ2) is 7.45. The Morgan fingerprint density at radius 3 is 2.43 bits per heavy atom. The highest BCUT2D eigenvalue weighted by Gasteiger charge is 2.06. The predicted octanol–water partition coefficient (Wildman–Crippen LogP) is 3.61. The second-order valence-electron chi connectivity index (χ2n) is 4.77. The van der Waals surface area contributed by atoms with Crippen molar-refractivity contribution in [2.75, 3.05) is 6.61 Å². The summed E-state index contributed by atoms with van der Waals surface area (Å²) >= 11 is 0. The summed E-state index contributed by atoms with van der Waals surface area (Å²) in [5, 5.41) is 10.4. The maximum Gasteiger partial charge on any atom is 0.305 e. The Morgan fingerprint density at radius 1 is 1.09 bits per heavy atom. The fourth-order valence-electron chi connectivity index (χ4n) is 2.05. The minimum atomic E-state index is -0.123. The molecule has 5 nitrogen and oxygen atoms in total. The Labute approximate surface area is 133 Å². The number of para-hydroxylation sites is 1. The van der Waals surface area contributed by atoms with Crippen LogP contribution in [0.5, 0.6) is 5.75 Å². The molecule has 0 aliphatic heterocycles. The van der Waals surface area contributed by atoms with Crippen LogP contribution in [-0.4, -0.2) is 17.7 Å². The van der Waals surface area contributed by atoms with E-state index in [0.29, 0.717) is 35.0 Å². The van der Waals surface area contributed by atoms with Gasteiger partial charge in [0.05, 0.1) is 17.4 Å². The number of esters is 1. The number of phenols is 1. The van der Waals surface area contributed by atoms with E-state index in [0.717, 1.165) is 0 Å². The van der Waals surface area contributed by atoms with Crippen LogP contribution in [0.2, 0.25) is 0 Å². The zero-order chi connectivity index (χ0) is 16.8. The van der Waals surface area contributed by atoms with Gasteiger partial charge >= 0.3 is 5.97 Å². The van der Waals surface area contributed by atoms with Crippen LogP contribution in [0.1, 0.15) is 20.3 Å². The van der Waals surface area contributed by atoms with Crippen LogP contribution in [-0.2, 0) is 9.53 Å². The number of fused-ring (bicyclic) bond motifs is 2. The third kappa shape index (κ3) is 3.88. The van der Waals surface area contributed by atoms with Crippen molar-refractivity contribution in [3.05, 3.63) is 52.7 Å². The van der Waals surface area contributed by atoms with Crippen LogP contribution >= 0.6 is 0 Å². The van der Waals surface area contributed by atoms with Crippen LogP contribution in [0.15, 0.2) is 51.7 Å². The predicted molar refractivity (Wildman–Crippen MR) is 88.6 cm³/mol. The van der Waals surface area contributed by atoms with E-state index in [1.54, 1.807) is 44.2 Å². The first kappa shape index (κ1) is 16.5. The van der Waals surface area contributed by atoms with Gasteiger partial charge in [0.2, 0.25) is 5.43 Å². The van der Waals surface area contributed by atoms with Gasteiger partial charge in [0.15, 0.2) is 0 Å². The standard InChI is InChI=1S/C13H8O3.C5H10O2/c14-8-5-6-10-12(7-8)16-11-4-2-1-3-9(11)13(10)15;1-3-5(6)7-4-2/h1-7,14H;3-4H2,1-2H3. The third-order valence-corrected chi connectivity index (χ3v) is 3.16. The Hall–Kier alpha value is -2.82. The van der Waals surface area contributed by atoms with Crippen LogP contribution in [0.4, 0.5) is 0 Å². The fourth-order valence-corrected chi connectivity index (χ4v) is 2.05. The van der Waals surface area contributed by atoms with Crippen molar-refractivity contribution >= 4 is 27.9 Å². The zero-order valence-electron chi connectivity index (χ0n) is 13.0. The smallest absolute Gasteiger partial charge is 0.305 e. The lowest BCUT2D eigenvalue weighted by Gasteiger charge is -2.00. The molecule has 5 heteroatoms. The first-order valence-corrected chi connectivity index (χ1v) is 7.37. The molecule has 0 radical (unpaired) electrons. The molecule has 120 valence electrons. The summed E-state index contributed by atoms with van der Waals surface area (Å²) in [7, 11) is 0. The van der Waals surface area contributed by atoms with E-state index in [1.807, 2.05) is 0 Å². The molecule has 0 unspecified atom stereocenters. The Morgan fingerprint density at radius 2 is 1.78 bits per heavy atom. The Balaban J connectivity index is 0.000000236. The average molecular weight is 314 g/mol. The second-order valence-corrected chi connectivity index (χ2v) is 4.77. The van der Waals surface area contributed by atoms with Gasteiger partial charge in [0, 0.05) is 12.5 Å². The highest BCUT2D eigenvalue weighted by atomic mass is 16.5. The third-order valence-electron chi connectivity index (χ3n) is 3.16. The summed E-state index contributed by atoms with van der Waals surface area (Å²) in [5.41, 5.74) is 0.867. The maximum atomic E-state index is 12.1. The van der Waals surface area contributed by atoms with Gasteiger partial charge in [-0.05, 0) is 31.2 Å². The molecule has 3 aromatic rings. The molecule has 0 saturated heterocycles. The minimum absolute atomic E-state index is 0.0724. The van der Waals surface area contributed by atoms with Crippen LogP contribution in [0, 0.1) is 0 Å². The van der Waals surface area contributed by atoms with Crippen molar-refractivity contribution in [3.8, 4) is 5.75 Å². The van der Waals surface area contributed by atoms with Gasteiger partial charge in [-0.25, -0.2) is 0 Å². The van der Waals surface area contributed by atoms with Crippen LogP contribution in [0.25, 0.3) is 21.9 Å². The monoisotopic (exact) mass is 314 g/mol. The van der Waals surface area contributed by atoms with E-state index in [4.69, 9.17) is 4.42 Å². The average Bonchev–Trinajstić information content (AvgIpc) is 2.55. The molecule has 0 aliphatic rings. The molecule has 2 aromatic carbocycles. The molecule has 1 N–H and O–H groups in total. The van der Waals surface area contributed by atoms with Crippen molar-refractivity contribution in [2.24, 2.45) is 0 Å². The Kier molecular flexibility index (Phi) is 5.36. The molecule has 23 heavy (non-hydrogen) atoms. The normalized spacial score (nSPS) is 10.2. The maximum absolute atomic E-state index is 12.1. The summed E-state index contributed by atoms with van der Waals surface area (Å²) in [6, 6.07) is 11.6. The van der Waals surface area contributed by atoms with Gasteiger partial charge in [-0.3, -0.25) is 9.59 Å². The van der Waals surface area contributed by atoms with Gasteiger partial charge < -0.3 is 14.3 Å². The van der Waals surface area contributed by atoms with Crippen molar-refractivity contribution in [1.29, 1.82) is 0 Å². The molecule has 0 spiro atoms. The first-order valence-electron chi connectivity index (χ1n) is 7.37. The van der Waals surface area contributed by atoms with E-state index in [2.05, 4.69) is 4.74 Å². The molecule has 0 bridgehead atoms. The highest BCUT2D eigenvalue weighted by Crippen LogP contribution is 2.21. The van der Waals surface area contributed by atoms with E-state index < -0.39 is 0 Å². The lowest BCUT2D eigenvalue weighted by Crippen LogP contribution is -2.01. The molecule has 0 saturated carbocycles. The molecule has 0 fully saturated rings. The molecule has 1 heterocycles. The van der Waals surface area contributed by atoms with Crippen molar-refractivity contribution in [2.45, 2.75) is 20.3 Å². The van der Waals surface area contributed by atoms with Crippen LogP contribution < -0.4 is 5.43 Å². The quantitative estimate of drug-likeness (QED) is 0.577. The number of hydrogen-bond donors (Lipinski definition) is 1. The molecule has 3 rings (SSSR count). The highest BCUT2D eigenvalue weighted by molar-refractivity contribution is 5.90. The summed E-state index contributed by atoms with van der Waals surface area (Å²) in [4.78, 5) is 22.2. The largest absolute Gasteiger partial charge is 0.508 e. The lowest BCUT2D eigenvalue weighted by molar-refractivity contribution is -0.142. The molecule has 1 aromatic heterocycles. The number of carbonyl (C=O) groups is 1. The number of rotatable bonds is 2. The number of aromatic hydroxyl groups is 1. The summed E-state index contributed by atoms with van der Waals surface area (Å²) < 4.78 is 10.1. The molecule has 0 aliphatic carbocycles.